The topological polar surface area (TPSA) is 51.9 Å². The number of benzene rings is 1. The van der Waals surface area contributed by atoms with Gasteiger partial charge in [0.25, 0.3) is 0 Å². The van der Waals surface area contributed by atoms with E-state index < -0.39 is 0 Å². The van der Waals surface area contributed by atoms with E-state index in [1.807, 2.05) is 32.0 Å². The summed E-state index contributed by atoms with van der Waals surface area (Å²) in [5.74, 6) is -0.121. The largest absolute Gasteiger partial charge is 0.347 e. The zero-order chi connectivity index (χ0) is 17.3. The predicted octanol–water partition coefficient (Wildman–Crippen LogP) is 4.16. The molecule has 0 spiro atoms. The van der Waals surface area contributed by atoms with E-state index in [0.717, 1.165) is 35.4 Å². The van der Waals surface area contributed by atoms with Crippen LogP contribution in [0.2, 0.25) is 5.02 Å². The number of carbonyl (C=O) groups excluding carboxylic acids is 1. The number of amides is 1. The summed E-state index contributed by atoms with van der Waals surface area (Å²) in [5, 5.41) is 8.95. The Morgan fingerprint density at radius 1 is 1.29 bits per heavy atom. The van der Waals surface area contributed by atoms with Gasteiger partial charge in [-0.1, -0.05) is 18.5 Å². The first kappa shape index (κ1) is 16.6. The number of nitrogens with zero attached hydrogens (tertiary/aromatic N) is 3. The molecule has 3 rings (SSSR count). The Labute approximate surface area is 146 Å². The Morgan fingerprint density at radius 2 is 2.08 bits per heavy atom. The van der Waals surface area contributed by atoms with Gasteiger partial charge in [-0.15, -0.1) is 0 Å². The molecule has 0 atom stereocenters. The number of rotatable bonds is 5. The number of halogens is 1. The summed E-state index contributed by atoms with van der Waals surface area (Å²) in [6.07, 6.45) is 3.17. The van der Waals surface area contributed by atoms with Gasteiger partial charge in [-0.25, -0.2) is 0 Å². The van der Waals surface area contributed by atoms with E-state index >= 15 is 0 Å². The Bertz CT molecular complexity index is 894. The number of aromatic nitrogens is 3. The highest BCUT2D eigenvalue weighted by Gasteiger charge is 2.12. The van der Waals surface area contributed by atoms with Gasteiger partial charge in [0.2, 0.25) is 5.91 Å². The molecule has 0 aliphatic rings. The SMILES string of the molecule is CCCn1ccc2cc(NC(=O)Cn3nc(C)c(Cl)c3C)ccc21. The fraction of sp³-hybridized carbons (Fsp3) is 0.333. The molecule has 0 saturated carbocycles. The van der Waals surface area contributed by atoms with Crippen molar-refractivity contribution in [3.63, 3.8) is 0 Å². The van der Waals surface area contributed by atoms with Crippen molar-refractivity contribution < 1.29 is 4.79 Å². The molecule has 0 bridgehead atoms. The molecule has 5 nitrogen and oxygen atoms in total. The maximum atomic E-state index is 12.3. The van der Waals surface area contributed by atoms with Crippen molar-refractivity contribution in [2.45, 2.75) is 40.3 Å². The van der Waals surface area contributed by atoms with Gasteiger partial charge in [-0.2, -0.15) is 5.10 Å². The van der Waals surface area contributed by atoms with E-state index in [2.05, 4.69) is 34.2 Å². The summed E-state index contributed by atoms with van der Waals surface area (Å²) in [7, 11) is 0. The van der Waals surface area contributed by atoms with E-state index in [-0.39, 0.29) is 12.5 Å². The number of hydrogen-bond acceptors (Lipinski definition) is 2. The summed E-state index contributed by atoms with van der Waals surface area (Å²) in [4.78, 5) is 12.3. The first-order valence-corrected chi connectivity index (χ1v) is 8.45. The molecule has 0 aliphatic carbocycles. The predicted molar refractivity (Wildman–Crippen MR) is 97.6 cm³/mol. The van der Waals surface area contributed by atoms with Gasteiger partial charge in [0.1, 0.15) is 6.54 Å². The maximum Gasteiger partial charge on any atom is 0.246 e. The van der Waals surface area contributed by atoms with Crippen molar-refractivity contribution >= 4 is 34.1 Å². The van der Waals surface area contributed by atoms with E-state index in [0.29, 0.717) is 5.02 Å². The molecule has 1 aromatic carbocycles. The molecule has 1 N–H and O–H groups in total. The maximum absolute atomic E-state index is 12.3. The number of carbonyl (C=O) groups is 1. The van der Waals surface area contributed by atoms with Gasteiger partial charge >= 0.3 is 0 Å². The van der Waals surface area contributed by atoms with Crippen molar-refractivity contribution in [3.05, 3.63) is 46.9 Å². The number of nitrogens with one attached hydrogen (secondary N) is 1. The van der Waals surface area contributed by atoms with Gasteiger partial charge in [0.05, 0.1) is 16.4 Å². The molecule has 0 unspecified atom stereocenters. The summed E-state index contributed by atoms with van der Waals surface area (Å²) < 4.78 is 3.85. The average Bonchev–Trinajstić information content (AvgIpc) is 3.04. The monoisotopic (exact) mass is 344 g/mol. The molecular weight excluding hydrogens is 324 g/mol. The molecule has 3 aromatic rings. The lowest BCUT2D eigenvalue weighted by Crippen LogP contribution is -2.20. The standard InChI is InChI=1S/C18H21ClN4O/c1-4-8-22-9-7-14-10-15(5-6-16(14)22)20-17(24)11-23-13(3)18(19)12(2)21-23/h5-7,9-10H,4,8,11H2,1-3H3,(H,20,24). The van der Waals surface area contributed by atoms with Crippen LogP contribution in [0, 0.1) is 13.8 Å². The van der Waals surface area contributed by atoms with Crippen molar-refractivity contribution in [1.29, 1.82) is 0 Å². The summed E-state index contributed by atoms with van der Waals surface area (Å²) in [6, 6.07) is 8.04. The van der Waals surface area contributed by atoms with Crippen LogP contribution >= 0.6 is 11.6 Å². The second kappa shape index (κ2) is 6.69. The molecule has 2 heterocycles. The molecule has 0 saturated heterocycles. The van der Waals surface area contributed by atoms with Crippen LogP contribution in [-0.2, 0) is 17.9 Å². The highest BCUT2D eigenvalue weighted by Crippen LogP contribution is 2.22. The molecule has 1 amide bonds. The van der Waals surface area contributed by atoms with Gasteiger partial charge in [0.15, 0.2) is 0 Å². The Balaban J connectivity index is 1.74. The van der Waals surface area contributed by atoms with Crippen molar-refractivity contribution in [2.24, 2.45) is 0 Å². The van der Waals surface area contributed by atoms with E-state index in [1.54, 1.807) is 4.68 Å². The van der Waals surface area contributed by atoms with Crippen LogP contribution in [0.1, 0.15) is 24.7 Å². The van der Waals surface area contributed by atoms with Crippen LogP contribution in [0.3, 0.4) is 0 Å². The van der Waals surface area contributed by atoms with E-state index in [1.165, 1.54) is 5.52 Å². The summed E-state index contributed by atoms with van der Waals surface area (Å²) in [6.45, 7) is 6.99. The van der Waals surface area contributed by atoms with Crippen LogP contribution in [0.15, 0.2) is 30.5 Å². The zero-order valence-electron chi connectivity index (χ0n) is 14.1. The second-order valence-corrected chi connectivity index (χ2v) is 6.35. The molecular formula is C18H21ClN4O. The zero-order valence-corrected chi connectivity index (χ0v) is 14.9. The third-order valence-corrected chi connectivity index (χ3v) is 4.65. The Hall–Kier alpha value is -2.27. The van der Waals surface area contributed by atoms with Crippen LogP contribution in [0.25, 0.3) is 10.9 Å². The number of aryl methyl sites for hydroxylation is 2. The first-order valence-electron chi connectivity index (χ1n) is 8.08. The van der Waals surface area contributed by atoms with Gasteiger partial charge < -0.3 is 9.88 Å². The highest BCUT2D eigenvalue weighted by molar-refractivity contribution is 6.31. The van der Waals surface area contributed by atoms with Gasteiger partial charge in [-0.3, -0.25) is 9.48 Å². The molecule has 6 heteroatoms. The van der Waals surface area contributed by atoms with Crippen LogP contribution in [-0.4, -0.2) is 20.3 Å². The van der Waals surface area contributed by atoms with Crippen LogP contribution < -0.4 is 5.32 Å². The number of hydrogen-bond donors (Lipinski definition) is 1. The Kier molecular flexibility index (Phi) is 4.62. The number of fused-ring (bicyclic) bond motifs is 1. The molecule has 0 aliphatic heterocycles. The fourth-order valence-corrected chi connectivity index (χ4v) is 3.01. The molecule has 0 fully saturated rings. The second-order valence-electron chi connectivity index (χ2n) is 5.97. The van der Waals surface area contributed by atoms with Crippen LogP contribution in [0.5, 0.6) is 0 Å². The summed E-state index contributed by atoms with van der Waals surface area (Å²) in [5.41, 5.74) is 3.51. The minimum atomic E-state index is -0.121. The third-order valence-electron chi connectivity index (χ3n) is 4.11. The first-order chi connectivity index (χ1) is 11.5. The quantitative estimate of drug-likeness (QED) is 0.755. The van der Waals surface area contributed by atoms with Crippen LogP contribution in [0.4, 0.5) is 5.69 Å². The minimum absolute atomic E-state index is 0.121. The fourth-order valence-electron chi connectivity index (χ4n) is 2.88. The van der Waals surface area contributed by atoms with Gasteiger partial charge in [-0.05, 0) is 44.5 Å². The third kappa shape index (κ3) is 3.17. The molecule has 24 heavy (non-hydrogen) atoms. The normalized spacial score (nSPS) is 11.2. The lowest BCUT2D eigenvalue weighted by molar-refractivity contribution is -0.116. The minimum Gasteiger partial charge on any atom is -0.347 e. The average molecular weight is 345 g/mol. The molecule has 2 aromatic heterocycles. The molecule has 0 radical (unpaired) electrons. The van der Waals surface area contributed by atoms with Crippen molar-refractivity contribution in [3.8, 4) is 0 Å². The Morgan fingerprint density at radius 3 is 2.75 bits per heavy atom. The lowest BCUT2D eigenvalue weighted by Gasteiger charge is -2.08. The summed E-state index contributed by atoms with van der Waals surface area (Å²) >= 11 is 6.12. The van der Waals surface area contributed by atoms with Gasteiger partial charge in [0, 0.05) is 29.3 Å². The van der Waals surface area contributed by atoms with Crippen molar-refractivity contribution in [1.82, 2.24) is 14.3 Å². The molecule has 126 valence electrons. The number of anilines is 1. The lowest BCUT2D eigenvalue weighted by atomic mass is 10.2. The smallest absolute Gasteiger partial charge is 0.246 e. The van der Waals surface area contributed by atoms with E-state index in [4.69, 9.17) is 11.6 Å². The van der Waals surface area contributed by atoms with Crippen molar-refractivity contribution in [2.75, 3.05) is 5.32 Å². The highest BCUT2D eigenvalue weighted by atomic mass is 35.5. The van der Waals surface area contributed by atoms with E-state index in [9.17, 15) is 4.79 Å².